The Balaban J connectivity index is 2.02. The Hall–Kier alpha value is -0.280. The van der Waals surface area contributed by atoms with Gasteiger partial charge in [-0.2, -0.15) is 0 Å². The van der Waals surface area contributed by atoms with Gasteiger partial charge in [0, 0.05) is 0 Å². The Kier molecular flexibility index (Phi) is 8.65. The quantitative estimate of drug-likeness (QED) is 0.226. The summed E-state index contributed by atoms with van der Waals surface area (Å²) in [5.74, 6) is -2.11. The van der Waals surface area contributed by atoms with Gasteiger partial charge in [-0.15, -0.1) is 0 Å². The molecule has 3 nitrogen and oxygen atoms in total. The number of rotatable bonds is 11. The molecule has 1 unspecified atom stereocenters. The largest absolute Gasteiger partial charge is 0.391 e. The Morgan fingerprint density at radius 1 is 0.905 bits per heavy atom. The van der Waals surface area contributed by atoms with Crippen molar-refractivity contribution >= 4 is 35.1 Å². The normalized spacial score (nSPS) is 20.8. The molecule has 0 aliphatic carbocycles. The van der Waals surface area contributed by atoms with Crippen molar-refractivity contribution in [2.45, 2.75) is 81.9 Å². The lowest BCUT2D eigenvalue weighted by Crippen LogP contribution is -2.29. The Morgan fingerprint density at radius 3 is 1.81 bits per heavy atom. The van der Waals surface area contributed by atoms with Crippen LogP contribution < -0.4 is 0 Å². The number of carbonyl (C=O) groups excluding carboxylic acids is 2. The second kappa shape index (κ2) is 9.68. The van der Waals surface area contributed by atoms with Crippen LogP contribution in [0.5, 0.6) is 0 Å². The molecule has 21 heavy (non-hydrogen) atoms. The first-order valence-electron chi connectivity index (χ1n) is 8.14. The molecule has 5 heteroatoms. The summed E-state index contributed by atoms with van der Waals surface area (Å²) in [6, 6.07) is 0. The van der Waals surface area contributed by atoms with E-state index < -0.39 is 22.2 Å². The van der Waals surface area contributed by atoms with E-state index in [0.29, 0.717) is 6.42 Å². The molecule has 0 aromatic rings. The molecule has 0 aromatic heterocycles. The van der Waals surface area contributed by atoms with E-state index in [1.807, 2.05) is 0 Å². The molecule has 0 aromatic carbocycles. The number of hydrogen-bond donors (Lipinski definition) is 0. The van der Waals surface area contributed by atoms with E-state index in [4.69, 9.17) is 23.2 Å². The van der Waals surface area contributed by atoms with E-state index in [0.717, 1.165) is 19.3 Å². The number of unbranched alkanes of at least 4 members (excludes halogenated alkanes) is 9. The number of esters is 2. The number of alkyl halides is 2. The second-order valence-corrected chi connectivity index (χ2v) is 7.24. The standard InChI is InChI=1S/C16H26Cl2O3/c1-2-3-4-5-6-7-8-9-10-11-12-13-14(19)21-15(20)16(13,17)18/h13H,2-12H2,1H3. The minimum Gasteiger partial charge on any atom is -0.391 e. The number of halogens is 2. The highest BCUT2D eigenvalue weighted by molar-refractivity contribution is 6.60. The lowest BCUT2D eigenvalue weighted by molar-refractivity contribution is -0.153. The van der Waals surface area contributed by atoms with Crippen molar-refractivity contribution in [3.05, 3.63) is 0 Å². The molecule has 1 heterocycles. The van der Waals surface area contributed by atoms with Crippen LogP contribution in [0.15, 0.2) is 0 Å². The van der Waals surface area contributed by atoms with Crippen molar-refractivity contribution in [3.63, 3.8) is 0 Å². The predicted molar refractivity (Wildman–Crippen MR) is 85.5 cm³/mol. The van der Waals surface area contributed by atoms with Gasteiger partial charge in [-0.3, -0.25) is 4.79 Å². The van der Waals surface area contributed by atoms with Crippen LogP contribution in [0.2, 0.25) is 0 Å². The van der Waals surface area contributed by atoms with Crippen LogP contribution in [0.25, 0.3) is 0 Å². The van der Waals surface area contributed by atoms with Crippen molar-refractivity contribution in [1.29, 1.82) is 0 Å². The highest BCUT2D eigenvalue weighted by Crippen LogP contribution is 2.41. The highest BCUT2D eigenvalue weighted by Gasteiger charge is 2.55. The molecule has 0 amide bonds. The Bertz CT molecular complexity index is 342. The minimum atomic E-state index is -1.68. The molecule has 1 rings (SSSR count). The van der Waals surface area contributed by atoms with Crippen LogP contribution in [-0.2, 0) is 14.3 Å². The monoisotopic (exact) mass is 336 g/mol. The summed E-state index contributed by atoms with van der Waals surface area (Å²) in [7, 11) is 0. The van der Waals surface area contributed by atoms with Crippen LogP contribution in [0.1, 0.15) is 77.6 Å². The van der Waals surface area contributed by atoms with Gasteiger partial charge in [0.25, 0.3) is 0 Å². The Labute approximate surface area is 137 Å². The number of ether oxygens (including phenoxy) is 1. The van der Waals surface area contributed by atoms with E-state index in [1.54, 1.807) is 0 Å². The molecule has 0 saturated carbocycles. The van der Waals surface area contributed by atoms with Gasteiger partial charge in [0.15, 0.2) is 0 Å². The first kappa shape index (κ1) is 18.8. The number of hydrogen-bond acceptors (Lipinski definition) is 3. The molecule has 0 N–H and O–H groups in total. The maximum Gasteiger partial charge on any atom is 0.351 e. The van der Waals surface area contributed by atoms with Crippen LogP contribution in [-0.4, -0.2) is 16.3 Å². The van der Waals surface area contributed by atoms with Crippen molar-refractivity contribution in [2.24, 2.45) is 5.92 Å². The molecule has 1 fully saturated rings. The maximum atomic E-state index is 11.5. The Morgan fingerprint density at radius 2 is 1.38 bits per heavy atom. The van der Waals surface area contributed by atoms with E-state index in [-0.39, 0.29) is 0 Å². The molecule has 0 radical (unpaired) electrons. The van der Waals surface area contributed by atoms with Gasteiger partial charge in [-0.25, -0.2) is 4.79 Å². The summed E-state index contributed by atoms with van der Waals surface area (Å²) < 4.78 is 2.81. The van der Waals surface area contributed by atoms with E-state index in [9.17, 15) is 9.59 Å². The fourth-order valence-electron chi connectivity index (χ4n) is 2.66. The summed E-state index contributed by atoms with van der Waals surface area (Å²) in [6.45, 7) is 2.23. The predicted octanol–water partition coefficient (Wildman–Crippen LogP) is 5.17. The molecule has 0 bridgehead atoms. The fraction of sp³-hybridized carbons (Fsp3) is 0.875. The zero-order chi connectivity index (χ0) is 15.7. The van der Waals surface area contributed by atoms with Gasteiger partial charge in [-0.05, 0) is 6.42 Å². The summed E-state index contributed by atoms with van der Waals surface area (Å²) in [4.78, 5) is 22.8. The van der Waals surface area contributed by atoms with Gasteiger partial charge < -0.3 is 4.74 Å². The molecule has 1 aliphatic rings. The van der Waals surface area contributed by atoms with Gasteiger partial charge >= 0.3 is 11.9 Å². The van der Waals surface area contributed by atoms with Crippen LogP contribution >= 0.6 is 23.2 Å². The summed E-state index contributed by atoms with van der Waals surface area (Å²) >= 11 is 11.7. The highest BCUT2D eigenvalue weighted by atomic mass is 35.5. The van der Waals surface area contributed by atoms with Gasteiger partial charge in [0.2, 0.25) is 4.33 Å². The maximum absolute atomic E-state index is 11.5. The third-order valence-electron chi connectivity index (χ3n) is 4.03. The number of carbonyl (C=O) groups is 2. The van der Waals surface area contributed by atoms with E-state index in [1.165, 1.54) is 44.9 Å². The van der Waals surface area contributed by atoms with E-state index in [2.05, 4.69) is 11.7 Å². The second-order valence-electron chi connectivity index (χ2n) is 5.85. The smallest absolute Gasteiger partial charge is 0.351 e. The minimum absolute atomic E-state index is 0.522. The zero-order valence-electron chi connectivity index (χ0n) is 12.8. The zero-order valence-corrected chi connectivity index (χ0v) is 14.3. The molecule has 122 valence electrons. The van der Waals surface area contributed by atoms with Crippen LogP contribution in [0, 0.1) is 5.92 Å². The lowest BCUT2D eigenvalue weighted by Gasteiger charge is -2.14. The molecular formula is C16H26Cl2O3. The molecule has 1 atom stereocenters. The average Bonchev–Trinajstić information content (AvgIpc) is 2.62. The third kappa shape index (κ3) is 6.15. The SMILES string of the molecule is CCCCCCCCCCCCC1C(=O)OC(=O)C1(Cl)Cl. The molecule has 1 aliphatic heterocycles. The lowest BCUT2D eigenvalue weighted by atomic mass is 9.98. The molecule has 1 saturated heterocycles. The van der Waals surface area contributed by atoms with Gasteiger partial charge in [-0.1, -0.05) is 94.3 Å². The number of cyclic esters (lactones) is 2. The molecular weight excluding hydrogens is 311 g/mol. The van der Waals surface area contributed by atoms with Crippen LogP contribution in [0.3, 0.4) is 0 Å². The van der Waals surface area contributed by atoms with Crippen LogP contribution in [0.4, 0.5) is 0 Å². The first-order chi connectivity index (χ1) is 10.00. The van der Waals surface area contributed by atoms with Crippen molar-refractivity contribution < 1.29 is 14.3 Å². The summed E-state index contributed by atoms with van der Waals surface area (Å²) in [5.41, 5.74) is 0. The van der Waals surface area contributed by atoms with Gasteiger partial charge in [0.05, 0.1) is 0 Å². The van der Waals surface area contributed by atoms with E-state index >= 15 is 0 Å². The van der Waals surface area contributed by atoms with Gasteiger partial charge in [0.1, 0.15) is 5.92 Å². The molecule has 0 spiro atoms. The average molecular weight is 337 g/mol. The van der Waals surface area contributed by atoms with Crippen molar-refractivity contribution in [2.75, 3.05) is 0 Å². The topological polar surface area (TPSA) is 43.4 Å². The first-order valence-corrected chi connectivity index (χ1v) is 8.89. The van der Waals surface area contributed by atoms with Crippen molar-refractivity contribution in [1.82, 2.24) is 0 Å². The van der Waals surface area contributed by atoms with Crippen molar-refractivity contribution in [3.8, 4) is 0 Å². The summed E-state index contributed by atoms with van der Waals surface area (Å²) in [6.07, 6.45) is 12.7. The fourth-order valence-corrected chi connectivity index (χ4v) is 3.13. The summed E-state index contributed by atoms with van der Waals surface area (Å²) in [5, 5.41) is 0. The third-order valence-corrected chi connectivity index (χ3v) is 4.87.